The van der Waals surface area contributed by atoms with Gasteiger partial charge in [0.1, 0.15) is 0 Å². The molecule has 3 heteroatoms. The highest BCUT2D eigenvalue weighted by atomic mass is 16.2. The van der Waals surface area contributed by atoms with Crippen molar-refractivity contribution in [2.24, 2.45) is 11.7 Å². The molecule has 1 unspecified atom stereocenters. The molecule has 1 amide bonds. The van der Waals surface area contributed by atoms with Gasteiger partial charge < -0.3 is 10.6 Å². The topological polar surface area (TPSA) is 46.3 Å². The number of amides is 1. The van der Waals surface area contributed by atoms with Gasteiger partial charge >= 0.3 is 0 Å². The molecule has 0 radical (unpaired) electrons. The maximum absolute atomic E-state index is 12.4. The summed E-state index contributed by atoms with van der Waals surface area (Å²) in [4.78, 5) is 14.4. The van der Waals surface area contributed by atoms with Gasteiger partial charge in [-0.1, -0.05) is 31.2 Å². The summed E-state index contributed by atoms with van der Waals surface area (Å²) < 4.78 is 0. The molecule has 1 aromatic rings. The first-order valence-electron chi connectivity index (χ1n) is 7.75. The van der Waals surface area contributed by atoms with Gasteiger partial charge in [-0.05, 0) is 49.3 Å². The van der Waals surface area contributed by atoms with Crippen LogP contribution in [-0.2, 0) is 17.8 Å². The molecule has 1 aromatic carbocycles. The minimum Gasteiger partial charge on any atom is -0.338 e. The average Bonchev–Trinajstić information content (AvgIpc) is 2.67. The van der Waals surface area contributed by atoms with Gasteiger partial charge in [0.25, 0.3) is 0 Å². The molecule has 2 N–H and O–H groups in total. The van der Waals surface area contributed by atoms with Gasteiger partial charge in [-0.15, -0.1) is 0 Å². The van der Waals surface area contributed by atoms with Crippen molar-refractivity contribution >= 4 is 5.91 Å². The molecule has 0 aromatic heterocycles. The minimum absolute atomic E-state index is 0.297. The summed E-state index contributed by atoms with van der Waals surface area (Å²) in [6, 6.07) is 8.49. The molecule has 3 nitrogen and oxygen atoms in total. The van der Waals surface area contributed by atoms with Crippen LogP contribution in [0.15, 0.2) is 24.3 Å². The molecule has 1 aliphatic rings. The Hall–Kier alpha value is -1.35. The van der Waals surface area contributed by atoms with E-state index < -0.39 is 0 Å². The van der Waals surface area contributed by atoms with Gasteiger partial charge in [0.2, 0.25) is 5.91 Å². The van der Waals surface area contributed by atoms with E-state index in [1.807, 2.05) is 4.90 Å². The Bertz CT molecular complexity index is 444. The summed E-state index contributed by atoms with van der Waals surface area (Å²) in [7, 11) is 0. The maximum Gasteiger partial charge on any atom is 0.222 e. The van der Waals surface area contributed by atoms with Gasteiger partial charge in [0.05, 0.1) is 0 Å². The van der Waals surface area contributed by atoms with Crippen LogP contribution in [0, 0.1) is 5.92 Å². The van der Waals surface area contributed by atoms with Crippen LogP contribution < -0.4 is 5.73 Å². The molecule has 0 spiro atoms. The van der Waals surface area contributed by atoms with E-state index in [2.05, 4.69) is 31.2 Å². The Balaban J connectivity index is 1.91. The van der Waals surface area contributed by atoms with E-state index in [9.17, 15) is 4.79 Å². The van der Waals surface area contributed by atoms with Crippen molar-refractivity contribution < 1.29 is 4.79 Å². The molecular formula is C17H26N2O. The fraction of sp³-hybridized carbons (Fsp3) is 0.588. The number of hydrogen-bond acceptors (Lipinski definition) is 2. The Labute approximate surface area is 122 Å². The van der Waals surface area contributed by atoms with Crippen LogP contribution in [0.5, 0.6) is 0 Å². The number of carbonyl (C=O) groups is 1. The number of rotatable bonds is 5. The second kappa shape index (κ2) is 7.44. The van der Waals surface area contributed by atoms with E-state index in [0.29, 0.717) is 24.8 Å². The maximum atomic E-state index is 12.4. The molecule has 1 heterocycles. The van der Waals surface area contributed by atoms with Crippen LogP contribution in [0.3, 0.4) is 0 Å². The van der Waals surface area contributed by atoms with Gasteiger partial charge in [0, 0.05) is 19.5 Å². The lowest BCUT2D eigenvalue weighted by atomic mass is 10.0. The van der Waals surface area contributed by atoms with Crippen LogP contribution in [0.2, 0.25) is 0 Å². The number of nitrogens with two attached hydrogens (primary N) is 1. The highest BCUT2D eigenvalue weighted by Crippen LogP contribution is 2.20. The van der Waals surface area contributed by atoms with Gasteiger partial charge in [0.15, 0.2) is 0 Å². The summed E-state index contributed by atoms with van der Waals surface area (Å²) in [5.41, 5.74) is 8.27. The zero-order chi connectivity index (χ0) is 14.4. The lowest BCUT2D eigenvalue weighted by Crippen LogP contribution is -2.30. The van der Waals surface area contributed by atoms with Crippen LogP contribution in [0.4, 0.5) is 0 Å². The standard InChI is InChI=1S/C17H26N2O/c1-14(10-11-18)8-9-17(20)19-12-4-7-15-5-2-3-6-16(15)13-19/h2-3,5-6,14H,4,7-13,18H2,1H3. The van der Waals surface area contributed by atoms with Gasteiger partial charge in [-0.3, -0.25) is 4.79 Å². The number of benzene rings is 1. The molecule has 20 heavy (non-hydrogen) atoms. The number of carbonyl (C=O) groups excluding carboxylic acids is 1. The molecule has 1 atom stereocenters. The van der Waals surface area contributed by atoms with Crippen molar-refractivity contribution in [3.8, 4) is 0 Å². The smallest absolute Gasteiger partial charge is 0.222 e. The third-order valence-electron chi connectivity index (χ3n) is 4.22. The quantitative estimate of drug-likeness (QED) is 0.897. The first-order valence-corrected chi connectivity index (χ1v) is 7.75. The Morgan fingerprint density at radius 2 is 2.05 bits per heavy atom. The molecule has 0 bridgehead atoms. The number of aryl methyl sites for hydroxylation is 1. The molecular weight excluding hydrogens is 248 g/mol. The first-order chi connectivity index (χ1) is 9.70. The fourth-order valence-corrected chi connectivity index (χ4v) is 2.87. The zero-order valence-corrected chi connectivity index (χ0v) is 12.5. The van der Waals surface area contributed by atoms with Crippen LogP contribution >= 0.6 is 0 Å². The van der Waals surface area contributed by atoms with Crippen molar-refractivity contribution in [3.05, 3.63) is 35.4 Å². The molecule has 1 aliphatic heterocycles. The highest BCUT2D eigenvalue weighted by molar-refractivity contribution is 5.76. The third-order valence-corrected chi connectivity index (χ3v) is 4.22. The Kier molecular flexibility index (Phi) is 5.60. The third kappa shape index (κ3) is 4.07. The largest absolute Gasteiger partial charge is 0.338 e. The fourth-order valence-electron chi connectivity index (χ4n) is 2.87. The van der Waals surface area contributed by atoms with Crippen molar-refractivity contribution in [2.75, 3.05) is 13.1 Å². The predicted octanol–water partition coefficient (Wildman–Crippen LogP) is 2.73. The highest BCUT2D eigenvalue weighted by Gasteiger charge is 2.18. The summed E-state index contributed by atoms with van der Waals surface area (Å²) in [5, 5.41) is 0. The molecule has 0 fully saturated rings. The second-order valence-electron chi connectivity index (χ2n) is 5.91. The van der Waals surface area contributed by atoms with E-state index in [0.717, 1.165) is 38.8 Å². The van der Waals surface area contributed by atoms with Gasteiger partial charge in [-0.25, -0.2) is 0 Å². The normalized spacial score (nSPS) is 16.4. The summed E-state index contributed by atoms with van der Waals surface area (Å²) in [6.07, 6.45) is 4.78. The number of fused-ring (bicyclic) bond motifs is 1. The molecule has 0 aliphatic carbocycles. The van der Waals surface area contributed by atoms with Gasteiger partial charge in [-0.2, -0.15) is 0 Å². The molecule has 2 rings (SSSR count). The number of hydrogen-bond donors (Lipinski definition) is 1. The lowest BCUT2D eigenvalue weighted by molar-refractivity contribution is -0.132. The predicted molar refractivity (Wildman–Crippen MR) is 82.2 cm³/mol. The number of nitrogens with zero attached hydrogens (tertiary/aromatic N) is 1. The average molecular weight is 274 g/mol. The summed E-state index contributed by atoms with van der Waals surface area (Å²) in [5.74, 6) is 0.841. The second-order valence-corrected chi connectivity index (χ2v) is 5.91. The van der Waals surface area contributed by atoms with E-state index in [1.54, 1.807) is 0 Å². The van der Waals surface area contributed by atoms with Crippen LogP contribution in [0.25, 0.3) is 0 Å². The van der Waals surface area contributed by atoms with Crippen LogP contribution in [-0.4, -0.2) is 23.9 Å². The summed E-state index contributed by atoms with van der Waals surface area (Å²) in [6.45, 7) is 4.56. The monoisotopic (exact) mass is 274 g/mol. The van der Waals surface area contributed by atoms with E-state index in [1.165, 1.54) is 11.1 Å². The van der Waals surface area contributed by atoms with E-state index in [-0.39, 0.29) is 0 Å². The van der Waals surface area contributed by atoms with E-state index in [4.69, 9.17) is 5.73 Å². The summed E-state index contributed by atoms with van der Waals surface area (Å²) >= 11 is 0. The lowest BCUT2D eigenvalue weighted by Gasteiger charge is -2.22. The molecule has 110 valence electrons. The zero-order valence-electron chi connectivity index (χ0n) is 12.5. The van der Waals surface area contributed by atoms with Crippen molar-refractivity contribution in [1.29, 1.82) is 0 Å². The Morgan fingerprint density at radius 3 is 2.80 bits per heavy atom. The van der Waals surface area contributed by atoms with Crippen molar-refractivity contribution in [1.82, 2.24) is 4.90 Å². The minimum atomic E-state index is 0.297. The SMILES string of the molecule is CC(CCN)CCC(=O)N1CCCc2ccccc2C1. The first kappa shape index (κ1) is 15.0. The van der Waals surface area contributed by atoms with Crippen molar-refractivity contribution in [2.45, 2.75) is 45.6 Å². The van der Waals surface area contributed by atoms with Crippen LogP contribution in [0.1, 0.15) is 43.7 Å². The molecule has 0 saturated heterocycles. The van der Waals surface area contributed by atoms with Crippen molar-refractivity contribution in [3.63, 3.8) is 0 Å². The Morgan fingerprint density at radius 1 is 1.30 bits per heavy atom. The molecule has 0 saturated carbocycles. The van der Waals surface area contributed by atoms with E-state index >= 15 is 0 Å².